The minimum atomic E-state index is -6.33. The van der Waals surface area contributed by atoms with Gasteiger partial charge in [0.15, 0.2) is 0 Å². The molecule has 0 amide bonds. The molecule has 0 aromatic heterocycles. The van der Waals surface area contributed by atoms with Gasteiger partial charge in [-0.2, -0.15) is 8.62 Å². The van der Waals surface area contributed by atoms with Crippen LogP contribution in [0, 0.1) is 0 Å². The van der Waals surface area contributed by atoms with Crippen molar-refractivity contribution in [2.75, 3.05) is 0 Å². The first-order valence-corrected chi connectivity index (χ1v) is 11.2. The topological polar surface area (TPSA) is 272 Å². The van der Waals surface area contributed by atoms with Crippen LogP contribution in [0.15, 0.2) is 0 Å². The van der Waals surface area contributed by atoms with E-state index in [-0.39, 0.29) is 56.6 Å². The molecule has 0 fully saturated rings. The Balaban J connectivity index is -0.000000667. The van der Waals surface area contributed by atoms with Crippen molar-refractivity contribution in [1.82, 2.24) is 0 Å². The summed E-state index contributed by atoms with van der Waals surface area (Å²) in [5.74, 6) is 0. The summed E-state index contributed by atoms with van der Waals surface area (Å²) in [5, 5.41) is 0. The molecule has 0 spiro atoms. The Morgan fingerprint density at radius 3 is 1.21 bits per heavy atom. The molecule has 0 heterocycles. The first-order valence-electron chi connectivity index (χ1n) is 3.72. The molecule has 0 saturated carbocycles. The third-order valence-electron chi connectivity index (χ3n) is 0.819. The summed E-state index contributed by atoms with van der Waals surface area (Å²) in [6.45, 7) is 0. The molecule has 16 nitrogen and oxygen atoms in total. The van der Waals surface area contributed by atoms with E-state index >= 15 is 0 Å². The van der Waals surface area contributed by atoms with Crippen LogP contribution in [0.1, 0.15) is 0 Å². The third-order valence-corrected chi connectivity index (χ3v) is 7.37. The molecule has 0 aromatic rings. The summed E-state index contributed by atoms with van der Waals surface area (Å²) < 4.78 is 64.3. The fourth-order valence-electron chi connectivity index (χ4n) is 0.558. The van der Waals surface area contributed by atoms with E-state index in [1.165, 1.54) is 0 Å². The number of rotatable bonds is 8. The second-order valence-corrected chi connectivity index (χ2v) is 9.91. The number of hydrogen-bond acceptors (Lipinski definition) is 12. The quantitative estimate of drug-likeness (QED) is 0.203. The number of hydrogen-bond donors (Lipinski definition) is 4. The fourth-order valence-corrected chi connectivity index (χ4v) is 5.83. The zero-order chi connectivity index (χ0) is 17.3. The van der Waals surface area contributed by atoms with Gasteiger partial charge >= 0.3 is 80.0 Å². The summed E-state index contributed by atoms with van der Waals surface area (Å²) in [6, 6.07) is 0. The molecule has 0 aliphatic rings. The van der Waals surface area contributed by atoms with Crippen LogP contribution < -0.4 is 71.3 Å². The first kappa shape index (κ1) is 34.0. The minimum Gasteiger partial charge on any atom is -0.790 e. The van der Waals surface area contributed by atoms with E-state index in [2.05, 4.69) is 17.2 Å². The Kier molecular flexibility index (Phi) is 16.3. The zero-order valence-corrected chi connectivity index (χ0v) is 16.4. The molecular weight excluding hydrogens is 432 g/mol. The Labute approximate surface area is 169 Å². The summed E-state index contributed by atoms with van der Waals surface area (Å²) in [5.41, 5.74) is 0. The van der Waals surface area contributed by atoms with Gasteiger partial charge in [0.25, 0.3) is 7.82 Å². The summed E-state index contributed by atoms with van der Waals surface area (Å²) in [4.78, 5) is 64.2. The van der Waals surface area contributed by atoms with Crippen LogP contribution in [-0.4, -0.2) is 19.6 Å². The second-order valence-electron chi connectivity index (χ2n) is 2.65. The van der Waals surface area contributed by atoms with E-state index < -0.39 is 39.1 Å². The second kappa shape index (κ2) is 11.5. The third kappa shape index (κ3) is 19.3. The molecular formula is H4Li3O16P5. The van der Waals surface area contributed by atoms with Crippen LogP contribution in [0.25, 0.3) is 0 Å². The van der Waals surface area contributed by atoms with Crippen LogP contribution in [0.3, 0.4) is 0 Å². The Morgan fingerprint density at radius 2 is 0.917 bits per heavy atom. The van der Waals surface area contributed by atoms with Crippen molar-refractivity contribution in [1.29, 1.82) is 0 Å². The van der Waals surface area contributed by atoms with Gasteiger partial charge in [-0.3, -0.25) is 8.88 Å². The maximum Gasteiger partial charge on any atom is 1.00 e. The predicted molar refractivity (Wildman–Crippen MR) is 51.2 cm³/mol. The van der Waals surface area contributed by atoms with Gasteiger partial charge in [-0.05, 0) is 0 Å². The van der Waals surface area contributed by atoms with Gasteiger partial charge in [0.05, 0.1) is 7.82 Å². The molecule has 0 rings (SSSR count). The standard InChI is InChI=1S/3Li.H7O16P5/c;;;1-17(2,3)13-19(7,8)15-21(11,12)16-20(9,10)14-18(4,5)6/h;;;(H,7,8)(H,9,10)(H,11,12)(H2,1,2,3)(H2,4,5,6)/q3*+1;/p-3. The van der Waals surface area contributed by atoms with Gasteiger partial charge < -0.3 is 38.8 Å². The van der Waals surface area contributed by atoms with Gasteiger partial charge in [-0.15, -0.1) is 0 Å². The molecule has 0 aliphatic heterocycles. The molecule has 3 unspecified atom stereocenters. The van der Waals surface area contributed by atoms with E-state index in [0.29, 0.717) is 0 Å². The van der Waals surface area contributed by atoms with Crippen molar-refractivity contribution >= 4 is 39.1 Å². The van der Waals surface area contributed by atoms with Crippen LogP contribution in [0.4, 0.5) is 0 Å². The van der Waals surface area contributed by atoms with E-state index in [9.17, 15) is 37.5 Å². The average molecular weight is 436 g/mol. The first-order chi connectivity index (χ1) is 8.83. The van der Waals surface area contributed by atoms with Crippen molar-refractivity contribution in [3.8, 4) is 0 Å². The van der Waals surface area contributed by atoms with Crippen molar-refractivity contribution in [2.24, 2.45) is 0 Å². The Bertz CT molecular complexity index is 559. The smallest absolute Gasteiger partial charge is 0.790 e. The van der Waals surface area contributed by atoms with Gasteiger partial charge in [-0.25, -0.2) is 18.0 Å². The monoisotopic (exact) mass is 436 g/mol. The maximum absolute atomic E-state index is 10.9. The average Bonchev–Trinajstić information content (AvgIpc) is 1.83. The SMILES string of the molecule is O=P([O-])([O-])OP(=O)([O-])OP(=O)(O)OP(=O)(O)OP(=O)(O)O.[Li+].[Li+].[Li+]. The summed E-state index contributed by atoms with van der Waals surface area (Å²) >= 11 is 0. The van der Waals surface area contributed by atoms with Gasteiger partial charge in [-0.1, -0.05) is 0 Å². The van der Waals surface area contributed by atoms with Crippen molar-refractivity contribution in [3.63, 3.8) is 0 Å². The van der Waals surface area contributed by atoms with E-state index in [4.69, 9.17) is 19.6 Å². The van der Waals surface area contributed by atoms with E-state index in [1.807, 2.05) is 0 Å². The molecule has 24 heavy (non-hydrogen) atoms. The normalized spacial score (nSPS) is 19.3. The summed E-state index contributed by atoms with van der Waals surface area (Å²) in [7, 11) is -30.5. The molecule has 0 aromatic carbocycles. The largest absolute Gasteiger partial charge is 1.00 e. The van der Waals surface area contributed by atoms with Crippen LogP contribution in [-0.2, 0) is 40.1 Å². The van der Waals surface area contributed by atoms with Crippen LogP contribution >= 0.6 is 39.1 Å². The fraction of sp³-hybridized carbons (Fsp3) is 0. The molecule has 0 aliphatic carbocycles. The van der Waals surface area contributed by atoms with E-state index in [0.717, 1.165) is 0 Å². The number of phosphoric acid groups is 5. The van der Waals surface area contributed by atoms with Crippen molar-refractivity contribution < 1.29 is 131 Å². The molecule has 3 atom stereocenters. The molecule has 4 N–H and O–H groups in total. The van der Waals surface area contributed by atoms with Crippen molar-refractivity contribution in [2.45, 2.75) is 0 Å². The summed E-state index contributed by atoms with van der Waals surface area (Å²) in [6.07, 6.45) is 0. The molecule has 0 radical (unpaired) electrons. The molecule has 24 heteroatoms. The maximum atomic E-state index is 10.9. The van der Waals surface area contributed by atoms with Gasteiger partial charge in [0.1, 0.15) is 0 Å². The van der Waals surface area contributed by atoms with Gasteiger partial charge in [0, 0.05) is 0 Å². The van der Waals surface area contributed by atoms with Crippen molar-refractivity contribution in [3.05, 3.63) is 0 Å². The molecule has 0 bridgehead atoms. The Morgan fingerprint density at radius 1 is 0.583 bits per heavy atom. The van der Waals surface area contributed by atoms with Crippen LogP contribution in [0.5, 0.6) is 0 Å². The zero-order valence-electron chi connectivity index (χ0n) is 11.9. The Hall–Kier alpha value is 2.50. The van der Waals surface area contributed by atoms with E-state index in [1.54, 1.807) is 0 Å². The minimum absolute atomic E-state index is 0. The van der Waals surface area contributed by atoms with Gasteiger partial charge in [0.2, 0.25) is 0 Å². The molecule has 128 valence electrons. The van der Waals surface area contributed by atoms with Crippen LogP contribution in [0.2, 0.25) is 0 Å². The predicted octanol–water partition coefficient (Wildman–Crippen LogP) is -11.3. The molecule has 0 saturated heterocycles.